The summed E-state index contributed by atoms with van der Waals surface area (Å²) in [7, 11) is 0. The van der Waals surface area contributed by atoms with Gasteiger partial charge in [-0.1, -0.05) is 66.2 Å². The number of rotatable bonds is 10. The van der Waals surface area contributed by atoms with Crippen LogP contribution in [0.1, 0.15) is 50.3 Å². The predicted octanol–water partition coefficient (Wildman–Crippen LogP) is 4.89. The predicted molar refractivity (Wildman–Crippen MR) is 122 cm³/mol. The Balaban J connectivity index is 2.11. The van der Waals surface area contributed by atoms with E-state index in [4.69, 9.17) is 0 Å². The smallest absolute Gasteiger partial charge is 0.242 e. The minimum atomic E-state index is -0.518. The number of halogens is 1. The highest BCUT2D eigenvalue weighted by atomic mass is 79.9. The van der Waals surface area contributed by atoms with Gasteiger partial charge in [0, 0.05) is 24.0 Å². The minimum absolute atomic E-state index is 0.0105. The second kappa shape index (κ2) is 11.8. The van der Waals surface area contributed by atoms with Crippen LogP contribution >= 0.6 is 15.9 Å². The van der Waals surface area contributed by atoms with Crippen molar-refractivity contribution in [3.8, 4) is 0 Å². The zero-order chi connectivity index (χ0) is 21.2. The summed E-state index contributed by atoms with van der Waals surface area (Å²) >= 11 is 3.48. The van der Waals surface area contributed by atoms with E-state index in [-0.39, 0.29) is 11.8 Å². The first-order valence-corrected chi connectivity index (χ1v) is 11.1. The molecule has 0 aliphatic rings. The Morgan fingerprint density at radius 3 is 2.34 bits per heavy atom. The van der Waals surface area contributed by atoms with Crippen molar-refractivity contribution in [1.82, 2.24) is 10.2 Å². The van der Waals surface area contributed by atoms with Gasteiger partial charge in [0.1, 0.15) is 6.04 Å². The highest BCUT2D eigenvalue weighted by molar-refractivity contribution is 9.10. The summed E-state index contributed by atoms with van der Waals surface area (Å²) in [5.41, 5.74) is 3.42. The zero-order valence-corrected chi connectivity index (χ0v) is 19.2. The van der Waals surface area contributed by atoms with Gasteiger partial charge in [-0.15, -0.1) is 0 Å². The van der Waals surface area contributed by atoms with Crippen molar-refractivity contribution in [3.63, 3.8) is 0 Å². The number of aryl methyl sites for hydroxylation is 2. The molecule has 0 saturated carbocycles. The average molecular weight is 459 g/mol. The molecule has 0 aliphatic carbocycles. The normalized spacial score (nSPS) is 11.7. The highest BCUT2D eigenvalue weighted by Crippen LogP contribution is 2.17. The number of carbonyl (C=O) groups is 2. The molecule has 2 aromatic rings. The summed E-state index contributed by atoms with van der Waals surface area (Å²) in [4.78, 5) is 27.3. The molecule has 2 aromatic carbocycles. The standard InChI is InChI=1S/C24H31BrN2O2/c1-4-15-26-24(29)18(3)27(17-21-7-6-8-22(25)16-21)23(28)14-13-20-11-9-19(5-2)10-12-20/h6-12,16,18H,4-5,13-15,17H2,1-3H3,(H,26,29)/t18-/m1/s1. The van der Waals surface area contributed by atoms with Gasteiger partial charge < -0.3 is 10.2 Å². The lowest BCUT2D eigenvalue weighted by Crippen LogP contribution is -2.47. The molecule has 4 nitrogen and oxygen atoms in total. The maximum atomic E-state index is 13.1. The first-order valence-electron chi connectivity index (χ1n) is 10.3. The summed E-state index contributed by atoms with van der Waals surface area (Å²) in [6.45, 7) is 6.97. The largest absolute Gasteiger partial charge is 0.354 e. The fourth-order valence-electron chi connectivity index (χ4n) is 3.15. The number of hydrogen-bond acceptors (Lipinski definition) is 2. The van der Waals surface area contributed by atoms with Crippen molar-refractivity contribution in [2.24, 2.45) is 0 Å². The van der Waals surface area contributed by atoms with E-state index in [9.17, 15) is 9.59 Å². The fourth-order valence-corrected chi connectivity index (χ4v) is 3.59. The Bertz CT molecular complexity index is 805. The Kier molecular flexibility index (Phi) is 9.39. The molecule has 29 heavy (non-hydrogen) atoms. The maximum absolute atomic E-state index is 13.1. The van der Waals surface area contributed by atoms with Gasteiger partial charge in [-0.25, -0.2) is 0 Å². The summed E-state index contributed by atoms with van der Waals surface area (Å²) in [5.74, 6) is -0.119. The quantitative estimate of drug-likeness (QED) is 0.550. The van der Waals surface area contributed by atoms with Crippen molar-refractivity contribution in [1.29, 1.82) is 0 Å². The molecule has 0 saturated heterocycles. The second-order valence-corrected chi connectivity index (χ2v) is 8.20. The molecule has 0 aromatic heterocycles. The van der Waals surface area contributed by atoms with Crippen molar-refractivity contribution >= 4 is 27.7 Å². The SMILES string of the molecule is CCCNC(=O)[C@@H](C)N(Cc1cccc(Br)c1)C(=O)CCc1ccc(CC)cc1. The minimum Gasteiger partial charge on any atom is -0.354 e. The third kappa shape index (κ3) is 7.32. The molecular weight excluding hydrogens is 428 g/mol. The molecule has 0 unspecified atom stereocenters. The number of benzene rings is 2. The van der Waals surface area contributed by atoms with E-state index < -0.39 is 6.04 Å². The van der Waals surface area contributed by atoms with E-state index in [0.717, 1.165) is 28.4 Å². The van der Waals surface area contributed by atoms with E-state index in [0.29, 0.717) is 25.9 Å². The number of carbonyl (C=O) groups excluding carboxylic acids is 2. The topological polar surface area (TPSA) is 49.4 Å². The Hall–Kier alpha value is -2.14. The van der Waals surface area contributed by atoms with Gasteiger partial charge in [-0.3, -0.25) is 9.59 Å². The Morgan fingerprint density at radius 2 is 1.72 bits per heavy atom. The molecule has 1 atom stereocenters. The third-order valence-electron chi connectivity index (χ3n) is 5.02. The van der Waals surface area contributed by atoms with E-state index in [1.54, 1.807) is 11.8 Å². The second-order valence-electron chi connectivity index (χ2n) is 7.29. The molecule has 0 bridgehead atoms. The van der Waals surface area contributed by atoms with Crippen LogP contribution in [0.4, 0.5) is 0 Å². The molecule has 1 N–H and O–H groups in total. The van der Waals surface area contributed by atoms with E-state index >= 15 is 0 Å². The van der Waals surface area contributed by atoms with Gasteiger partial charge in [0.2, 0.25) is 11.8 Å². The molecule has 156 valence electrons. The molecule has 2 rings (SSSR count). The number of amides is 2. The summed E-state index contributed by atoms with van der Waals surface area (Å²) in [5, 5.41) is 2.91. The van der Waals surface area contributed by atoms with Crippen LogP contribution in [0.25, 0.3) is 0 Å². The van der Waals surface area contributed by atoms with Crippen LogP contribution in [-0.4, -0.2) is 29.3 Å². The van der Waals surface area contributed by atoms with E-state index in [1.807, 2.05) is 31.2 Å². The van der Waals surface area contributed by atoms with E-state index in [2.05, 4.69) is 52.4 Å². The van der Waals surface area contributed by atoms with Crippen LogP contribution in [0.15, 0.2) is 53.0 Å². The van der Waals surface area contributed by atoms with Crippen LogP contribution in [0.5, 0.6) is 0 Å². The molecule has 2 amide bonds. The first-order chi connectivity index (χ1) is 13.9. The Labute approximate surface area is 182 Å². The lowest BCUT2D eigenvalue weighted by Gasteiger charge is -2.29. The monoisotopic (exact) mass is 458 g/mol. The van der Waals surface area contributed by atoms with Crippen LogP contribution in [-0.2, 0) is 29.0 Å². The molecule has 0 fully saturated rings. The van der Waals surface area contributed by atoms with Gasteiger partial charge in [-0.05, 0) is 55.0 Å². The lowest BCUT2D eigenvalue weighted by molar-refractivity contribution is -0.140. The maximum Gasteiger partial charge on any atom is 0.242 e. The van der Waals surface area contributed by atoms with Gasteiger partial charge >= 0.3 is 0 Å². The van der Waals surface area contributed by atoms with Crippen LogP contribution < -0.4 is 5.32 Å². The van der Waals surface area contributed by atoms with E-state index in [1.165, 1.54) is 5.56 Å². The molecule has 0 radical (unpaired) electrons. The summed E-state index contributed by atoms with van der Waals surface area (Å²) in [6.07, 6.45) is 2.92. The lowest BCUT2D eigenvalue weighted by atomic mass is 10.0. The molecule has 0 aliphatic heterocycles. The van der Waals surface area contributed by atoms with Crippen LogP contribution in [0.2, 0.25) is 0 Å². The number of nitrogens with one attached hydrogen (secondary N) is 1. The number of nitrogens with zero attached hydrogens (tertiary/aromatic N) is 1. The zero-order valence-electron chi connectivity index (χ0n) is 17.6. The van der Waals surface area contributed by atoms with Crippen LogP contribution in [0, 0.1) is 0 Å². The molecular formula is C24H31BrN2O2. The summed E-state index contributed by atoms with van der Waals surface area (Å²) < 4.78 is 0.960. The van der Waals surface area contributed by atoms with Gasteiger partial charge in [0.25, 0.3) is 0 Å². The Morgan fingerprint density at radius 1 is 1.03 bits per heavy atom. The molecule has 5 heteroatoms. The van der Waals surface area contributed by atoms with Gasteiger partial charge in [0.05, 0.1) is 0 Å². The summed E-state index contributed by atoms with van der Waals surface area (Å²) in [6, 6.07) is 15.7. The van der Waals surface area contributed by atoms with Crippen molar-refractivity contribution in [3.05, 3.63) is 69.7 Å². The fraction of sp³-hybridized carbons (Fsp3) is 0.417. The van der Waals surface area contributed by atoms with Crippen molar-refractivity contribution < 1.29 is 9.59 Å². The average Bonchev–Trinajstić information content (AvgIpc) is 2.74. The third-order valence-corrected chi connectivity index (χ3v) is 5.51. The molecule has 0 spiro atoms. The highest BCUT2D eigenvalue weighted by Gasteiger charge is 2.25. The number of hydrogen-bond donors (Lipinski definition) is 1. The van der Waals surface area contributed by atoms with Crippen molar-refractivity contribution in [2.75, 3.05) is 6.54 Å². The van der Waals surface area contributed by atoms with Crippen molar-refractivity contribution in [2.45, 2.75) is 59.0 Å². The first kappa shape index (κ1) is 23.1. The van der Waals surface area contributed by atoms with Gasteiger partial charge in [0.15, 0.2) is 0 Å². The van der Waals surface area contributed by atoms with Crippen LogP contribution in [0.3, 0.4) is 0 Å². The molecule has 0 heterocycles. The van der Waals surface area contributed by atoms with Gasteiger partial charge in [-0.2, -0.15) is 0 Å².